The Morgan fingerprint density at radius 1 is 1.33 bits per heavy atom. The van der Waals surface area contributed by atoms with Crippen molar-refractivity contribution in [2.75, 3.05) is 6.61 Å². The minimum atomic E-state index is -0.167. The van der Waals surface area contributed by atoms with Gasteiger partial charge in [0, 0.05) is 5.92 Å². The molecule has 96 valence electrons. The number of nitriles is 1. The first-order valence-corrected chi connectivity index (χ1v) is 6.39. The van der Waals surface area contributed by atoms with Crippen molar-refractivity contribution < 1.29 is 9.47 Å². The average Bonchev–Trinajstić information content (AvgIpc) is 2.41. The van der Waals surface area contributed by atoms with Crippen molar-refractivity contribution >= 4 is 0 Å². The van der Waals surface area contributed by atoms with E-state index in [1.54, 1.807) is 0 Å². The molecule has 1 saturated heterocycles. The third-order valence-electron chi connectivity index (χ3n) is 3.64. The fourth-order valence-corrected chi connectivity index (χ4v) is 2.28. The van der Waals surface area contributed by atoms with E-state index in [9.17, 15) is 0 Å². The minimum absolute atomic E-state index is 0.0426. The summed E-state index contributed by atoms with van der Waals surface area (Å²) in [6.45, 7) is 5.16. The topological polar surface area (TPSA) is 42.2 Å². The third kappa shape index (κ3) is 2.90. The van der Waals surface area contributed by atoms with Gasteiger partial charge in [0.1, 0.15) is 0 Å². The van der Waals surface area contributed by atoms with Gasteiger partial charge in [-0.15, -0.1) is 0 Å². The molecule has 0 saturated carbocycles. The molecule has 18 heavy (non-hydrogen) atoms. The first-order valence-electron chi connectivity index (χ1n) is 6.39. The fourth-order valence-electron chi connectivity index (χ4n) is 2.28. The molecule has 3 heteroatoms. The molecule has 0 aliphatic carbocycles. The Kier molecular flexibility index (Phi) is 4.35. The lowest BCUT2D eigenvalue weighted by Gasteiger charge is -2.37. The molecule has 0 amide bonds. The van der Waals surface area contributed by atoms with Crippen LogP contribution in [0.2, 0.25) is 0 Å². The molecule has 1 heterocycles. The van der Waals surface area contributed by atoms with Gasteiger partial charge < -0.3 is 9.47 Å². The van der Waals surface area contributed by atoms with Crippen molar-refractivity contribution in [3.63, 3.8) is 0 Å². The monoisotopic (exact) mass is 245 g/mol. The highest BCUT2D eigenvalue weighted by Gasteiger charge is 2.36. The van der Waals surface area contributed by atoms with Crippen LogP contribution in [0.1, 0.15) is 19.4 Å². The Bertz CT molecular complexity index is 412. The van der Waals surface area contributed by atoms with Crippen molar-refractivity contribution in [3.05, 3.63) is 35.9 Å². The summed E-state index contributed by atoms with van der Waals surface area (Å²) in [5, 5.41) is 9.15. The Morgan fingerprint density at radius 2 is 2.06 bits per heavy atom. The van der Waals surface area contributed by atoms with Crippen molar-refractivity contribution in [1.29, 1.82) is 5.26 Å². The summed E-state index contributed by atoms with van der Waals surface area (Å²) in [6, 6.07) is 12.3. The number of rotatable bonds is 3. The summed E-state index contributed by atoms with van der Waals surface area (Å²) >= 11 is 0. The Balaban J connectivity index is 1.99. The summed E-state index contributed by atoms with van der Waals surface area (Å²) in [4.78, 5) is 0. The molecule has 0 aromatic heterocycles. The van der Waals surface area contributed by atoms with Gasteiger partial charge in [-0.2, -0.15) is 5.26 Å². The van der Waals surface area contributed by atoms with Crippen LogP contribution in [0.3, 0.4) is 0 Å². The van der Waals surface area contributed by atoms with Gasteiger partial charge in [0.25, 0.3) is 0 Å². The molecular formula is C15H19NO2. The van der Waals surface area contributed by atoms with Crippen LogP contribution in [0.15, 0.2) is 30.3 Å². The normalized spacial score (nSPS) is 31.8. The van der Waals surface area contributed by atoms with Gasteiger partial charge in [0.05, 0.1) is 37.4 Å². The van der Waals surface area contributed by atoms with Crippen LogP contribution in [0.4, 0.5) is 0 Å². The van der Waals surface area contributed by atoms with E-state index >= 15 is 0 Å². The van der Waals surface area contributed by atoms with Crippen molar-refractivity contribution in [2.24, 2.45) is 11.8 Å². The summed E-state index contributed by atoms with van der Waals surface area (Å²) in [6.07, 6.45) is 0.106. The van der Waals surface area contributed by atoms with Crippen LogP contribution in [0.25, 0.3) is 0 Å². The molecule has 1 fully saturated rings. The van der Waals surface area contributed by atoms with Gasteiger partial charge in [0.2, 0.25) is 0 Å². The molecule has 1 aliphatic heterocycles. The molecule has 4 atom stereocenters. The van der Waals surface area contributed by atoms with Crippen LogP contribution >= 0.6 is 0 Å². The highest BCUT2D eigenvalue weighted by Crippen LogP contribution is 2.28. The summed E-state index contributed by atoms with van der Waals surface area (Å²) in [7, 11) is 0. The number of hydrogen-bond donors (Lipinski definition) is 0. The van der Waals surface area contributed by atoms with E-state index in [-0.39, 0.29) is 24.0 Å². The van der Waals surface area contributed by atoms with Gasteiger partial charge in [-0.25, -0.2) is 0 Å². The quantitative estimate of drug-likeness (QED) is 0.822. The molecular weight excluding hydrogens is 226 g/mol. The molecule has 3 nitrogen and oxygen atoms in total. The predicted octanol–water partition coefficient (Wildman–Crippen LogP) is 2.77. The van der Waals surface area contributed by atoms with Crippen molar-refractivity contribution in [1.82, 2.24) is 0 Å². The predicted molar refractivity (Wildman–Crippen MR) is 68.7 cm³/mol. The second kappa shape index (κ2) is 5.99. The van der Waals surface area contributed by atoms with E-state index in [2.05, 4.69) is 13.0 Å². The van der Waals surface area contributed by atoms with E-state index in [1.807, 2.05) is 37.3 Å². The number of nitrogens with zero attached hydrogens (tertiary/aromatic N) is 1. The number of hydrogen-bond acceptors (Lipinski definition) is 3. The minimum Gasteiger partial charge on any atom is -0.377 e. The smallest absolute Gasteiger partial charge is 0.0962 e. The fraction of sp³-hybridized carbons (Fsp3) is 0.533. The van der Waals surface area contributed by atoms with Crippen LogP contribution < -0.4 is 0 Å². The van der Waals surface area contributed by atoms with Crippen LogP contribution in [0, 0.1) is 23.2 Å². The molecule has 0 unspecified atom stereocenters. The van der Waals surface area contributed by atoms with Crippen molar-refractivity contribution in [2.45, 2.75) is 32.7 Å². The van der Waals surface area contributed by atoms with Crippen molar-refractivity contribution in [3.8, 4) is 6.07 Å². The number of benzene rings is 1. The molecule has 1 aliphatic rings. The summed E-state index contributed by atoms with van der Waals surface area (Å²) in [5.74, 6) is 0.0759. The van der Waals surface area contributed by atoms with Gasteiger partial charge in [-0.3, -0.25) is 0 Å². The van der Waals surface area contributed by atoms with Crippen LogP contribution in [-0.2, 0) is 16.1 Å². The zero-order valence-corrected chi connectivity index (χ0v) is 10.9. The van der Waals surface area contributed by atoms with E-state index in [4.69, 9.17) is 14.7 Å². The largest absolute Gasteiger partial charge is 0.377 e. The maximum atomic E-state index is 9.15. The second-order valence-electron chi connectivity index (χ2n) is 4.89. The zero-order valence-electron chi connectivity index (χ0n) is 10.9. The molecule has 1 aromatic carbocycles. The van der Waals surface area contributed by atoms with E-state index in [0.29, 0.717) is 13.2 Å². The zero-order chi connectivity index (χ0) is 13.0. The lowest BCUT2D eigenvalue weighted by atomic mass is 9.87. The molecule has 2 rings (SSSR count). The lowest BCUT2D eigenvalue weighted by Crippen LogP contribution is -2.44. The third-order valence-corrected chi connectivity index (χ3v) is 3.64. The first-order chi connectivity index (χ1) is 8.72. The highest BCUT2D eigenvalue weighted by atomic mass is 16.5. The molecule has 0 spiro atoms. The molecule has 0 radical (unpaired) electrons. The Hall–Kier alpha value is -1.37. The molecule has 1 aromatic rings. The van der Waals surface area contributed by atoms with E-state index < -0.39 is 0 Å². The summed E-state index contributed by atoms with van der Waals surface area (Å²) in [5.41, 5.74) is 1.14. The number of ether oxygens (including phenoxy) is 2. The van der Waals surface area contributed by atoms with Gasteiger partial charge in [-0.1, -0.05) is 37.3 Å². The standard InChI is InChI=1S/C15H19NO2/c1-11-12(2)17-10-14(8-16)15(11)18-9-13-6-4-3-5-7-13/h3-7,11-12,14-15H,9-10H2,1-2H3/t11-,12+,14-,15+/m1/s1. The lowest BCUT2D eigenvalue weighted by molar-refractivity contribution is -0.131. The van der Waals surface area contributed by atoms with E-state index in [1.165, 1.54) is 0 Å². The Labute approximate surface area is 108 Å². The van der Waals surface area contributed by atoms with Gasteiger partial charge in [-0.05, 0) is 12.5 Å². The average molecular weight is 245 g/mol. The molecule has 0 bridgehead atoms. The van der Waals surface area contributed by atoms with Crippen LogP contribution in [0.5, 0.6) is 0 Å². The maximum Gasteiger partial charge on any atom is 0.0962 e. The summed E-state index contributed by atoms with van der Waals surface area (Å²) < 4.78 is 11.5. The van der Waals surface area contributed by atoms with Gasteiger partial charge >= 0.3 is 0 Å². The maximum absolute atomic E-state index is 9.15. The van der Waals surface area contributed by atoms with Crippen LogP contribution in [-0.4, -0.2) is 18.8 Å². The second-order valence-corrected chi connectivity index (χ2v) is 4.89. The van der Waals surface area contributed by atoms with E-state index in [0.717, 1.165) is 5.56 Å². The Morgan fingerprint density at radius 3 is 2.72 bits per heavy atom. The van der Waals surface area contributed by atoms with Gasteiger partial charge in [0.15, 0.2) is 0 Å². The first kappa shape index (κ1) is 13.1. The SMILES string of the molecule is C[C@H]1[C@H](OCc2ccccc2)[C@H](C#N)CO[C@H]1C. The highest BCUT2D eigenvalue weighted by molar-refractivity contribution is 5.13. The molecule has 0 N–H and O–H groups in total.